The fraction of sp³-hybridized carbons (Fsp3) is 0.188. The fourth-order valence-electron chi connectivity index (χ4n) is 2.13. The molecule has 1 amide bonds. The molecule has 0 saturated carbocycles. The van der Waals surface area contributed by atoms with Gasteiger partial charge in [0.25, 0.3) is 5.91 Å². The zero-order valence-corrected chi connectivity index (χ0v) is 14.4. The number of amides is 1. The Bertz CT molecular complexity index is 817. The number of para-hydroxylation sites is 1. The second-order valence-electron chi connectivity index (χ2n) is 4.90. The lowest BCUT2D eigenvalue weighted by molar-refractivity contribution is 0.0948. The van der Waals surface area contributed by atoms with Crippen molar-refractivity contribution in [1.29, 1.82) is 0 Å². The van der Waals surface area contributed by atoms with Crippen molar-refractivity contribution in [3.63, 3.8) is 0 Å². The monoisotopic (exact) mass is 365 g/mol. The molecule has 2 heterocycles. The summed E-state index contributed by atoms with van der Waals surface area (Å²) in [6.07, 6.45) is 1.61. The molecule has 118 valence electrons. The number of rotatable bonds is 5. The number of fused-ring (bicyclic) bond motifs is 1. The van der Waals surface area contributed by atoms with Crippen molar-refractivity contribution in [3.05, 3.63) is 57.3 Å². The Labute approximate surface area is 147 Å². The summed E-state index contributed by atoms with van der Waals surface area (Å²) >= 11 is 13.4. The predicted molar refractivity (Wildman–Crippen MR) is 94.5 cm³/mol. The highest BCUT2D eigenvalue weighted by Gasteiger charge is 2.12. The number of nitrogens with zero attached hydrogens (tertiary/aromatic N) is 2. The second-order valence-corrected chi connectivity index (χ2v) is 6.81. The van der Waals surface area contributed by atoms with Crippen LogP contribution in [0.3, 0.4) is 0 Å². The van der Waals surface area contributed by atoms with Crippen LogP contribution in [0.1, 0.15) is 21.9 Å². The molecule has 3 rings (SSSR count). The number of aromatic nitrogens is 2. The van der Waals surface area contributed by atoms with E-state index in [1.807, 2.05) is 18.2 Å². The third kappa shape index (κ3) is 3.99. The summed E-state index contributed by atoms with van der Waals surface area (Å²) in [5.41, 5.74) is 1.17. The standard InChI is InChI=1S/C16H13Cl2N3OS/c17-10-7-8-13(18)21-15(10)16(22)19-9-3-6-14-20-11-4-1-2-5-12(11)23-14/h1-2,4-5,7-8H,3,6,9H2,(H,19,22). The Morgan fingerprint density at radius 1 is 1.13 bits per heavy atom. The van der Waals surface area contributed by atoms with Gasteiger partial charge in [-0.1, -0.05) is 35.3 Å². The fourth-order valence-corrected chi connectivity index (χ4v) is 3.48. The van der Waals surface area contributed by atoms with Gasteiger partial charge in [0.2, 0.25) is 0 Å². The van der Waals surface area contributed by atoms with Crippen LogP contribution < -0.4 is 5.32 Å². The van der Waals surface area contributed by atoms with E-state index in [0.717, 1.165) is 23.4 Å². The number of hydrogen-bond donors (Lipinski definition) is 1. The molecular weight excluding hydrogens is 353 g/mol. The first-order valence-corrected chi connectivity index (χ1v) is 8.65. The molecule has 4 nitrogen and oxygen atoms in total. The van der Waals surface area contributed by atoms with Crippen LogP contribution >= 0.6 is 34.5 Å². The van der Waals surface area contributed by atoms with Crippen molar-refractivity contribution in [2.45, 2.75) is 12.8 Å². The van der Waals surface area contributed by atoms with Crippen molar-refractivity contribution < 1.29 is 4.79 Å². The molecule has 0 saturated heterocycles. The number of pyridine rings is 1. The van der Waals surface area contributed by atoms with Crippen LogP contribution in [0.15, 0.2) is 36.4 Å². The van der Waals surface area contributed by atoms with Gasteiger partial charge in [0, 0.05) is 13.0 Å². The van der Waals surface area contributed by atoms with E-state index in [-0.39, 0.29) is 21.8 Å². The highest BCUT2D eigenvalue weighted by molar-refractivity contribution is 7.18. The predicted octanol–water partition coefficient (Wildman–Crippen LogP) is 4.36. The molecule has 0 fully saturated rings. The van der Waals surface area contributed by atoms with E-state index in [0.29, 0.717) is 6.54 Å². The van der Waals surface area contributed by atoms with E-state index < -0.39 is 0 Å². The van der Waals surface area contributed by atoms with E-state index in [1.165, 1.54) is 4.70 Å². The Balaban J connectivity index is 1.53. The number of benzene rings is 1. The van der Waals surface area contributed by atoms with Crippen LogP contribution in [0, 0.1) is 0 Å². The molecule has 7 heteroatoms. The summed E-state index contributed by atoms with van der Waals surface area (Å²) < 4.78 is 1.18. The van der Waals surface area contributed by atoms with Gasteiger partial charge >= 0.3 is 0 Å². The molecule has 0 unspecified atom stereocenters. The van der Waals surface area contributed by atoms with Gasteiger partial charge in [-0.3, -0.25) is 4.79 Å². The summed E-state index contributed by atoms with van der Waals surface area (Å²) in [5.74, 6) is -0.318. The summed E-state index contributed by atoms with van der Waals surface area (Å²) in [4.78, 5) is 20.6. The minimum absolute atomic E-state index is 0.152. The Kier molecular flexibility index (Phi) is 5.10. The Hall–Kier alpha value is -1.69. The average Bonchev–Trinajstić information content (AvgIpc) is 2.96. The summed E-state index contributed by atoms with van der Waals surface area (Å²) in [5, 5.41) is 4.41. The van der Waals surface area contributed by atoms with E-state index in [4.69, 9.17) is 23.2 Å². The number of halogens is 2. The SMILES string of the molecule is O=C(NCCCc1nc2ccccc2s1)c1nc(Cl)ccc1Cl. The highest BCUT2D eigenvalue weighted by atomic mass is 35.5. The van der Waals surface area contributed by atoms with Crippen molar-refractivity contribution in [2.24, 2.45) is 0 Å². The first kappa shape index (κ1) is 16.2. The minimum atomic E-state index is -0.318. The Morgan fingerprint density at radius 3 is 2.78 bits per heavy atom. The first-order valence-electron chi connectivity index (χ1n) is 7.08. The van der Waals surface area contributed by atoms with Crippen molar-refractivity contribution in [1.82, 2.24) is 15.3 Å². The van der Waals surface area contributed by atoms with E-state index >= 15 is 0 Å². The number of thiazole rings is 1. The second kappa shape index (κ2) is 7.25. The molecule has 3 aromatic rings. The highest BCUT2D eigenvalue weighted by Crippen LogP contribution is 2.22. The van der Waals surface area contributed by atoms with Crippen LogP contribution in [0.25, 0.3) is 10.2 Å². The van der Waals surface area contributed by atoms with Gasteiger partial charge in [0.05, 0.1) is 20.2 Å². The van der Waals surface area contributed by atoms with Crippen molar-refractivity contribution in [3.8, 4) is 0 Å². The van der Waals surface area contributed by atoms with Gasteiger partial charge in [-0.05, 0) is 30.7 Å². The topological polar surface area (TPSA) is 54.9 Å². The summed E-state index contributed by atoms with van der Waals surface area (Å²) in [6.45, 7) is 0.527. The summed E-state index contributed by atoms with van der Waals surface area (Å²) in [6, 6.07) is 11.2. The molecule has 0 aliphatic carbocycles. The first-order chi connectivity index (χ1) is 11.1. The van der Waals surface area contributed by atoms with Crippen molar-refractivity contribution in [2.75, 3.05) is 6.54 Å². The molecule has 23 heavy (non-hydrogen) atoms. The molecule has 1 aromatic carbocycles. The zero-order chi connectivity index (χ0) is 16.2. The molecule has 0 aliphatic rings. The maximum atomic E-state index is 12.0. The number of aryl methyl sites for hydroxylation is 1. The van der Waals surface area contributed by atoms with Crippen molar-refractivity contribution >= 4 is 50.7 Å². The molecule has 0 spiro atoms. The molecule has 0 atom stereocenters. The quantitative estimate of drug-likeness (QED) is 0.539. The van der Waals surface area contributed by atoms with E-state index in [9.17, 15) is 4.79 Å². The lowest BCUT2D eigenvalue weighted by Crippen LogP contribution is -2.26. The van der Waals surface area contributed by atoms with Gasteiger partial charge in [-0.15, -0.1) is 11.3 Å². The lowest BCUT2D eigenvalue weighted by atomic mass is 10.3. The molecule has 0 aliphatic heterocycles. The number of carbonyl (C=O) groups excluding carboxylic acids is 1. The average molecular weight is 366 g/mol. The third-order valence-corrected chi connectivity index (χ3v) is 4.83. The zero-order valence-electron chi connectivity index (χ0n) is 12.1. The molecular formula is C16H13Cl2N3OS. The molecule has 0 bridgehead atoms. The molecule has 1 N–H and O–H groups in total. The third-order valence-electron chi connectivity index (χ3n) is 3.22. The van der Waals surface area contributed by atoms with Crippen LogP contribution in [-0.2, 0) is 6.42 Å². The normalized spacial score (nSPS) is 10.9. The largest absolute Gasteiger partial charge is 0.351 e. The van der Waals surface area contributed by atoms with Gasteiger partial charge in [0.1, 0.15) is 10.8 Å². The number of hydrogen-bond acceptors (Lipinski definition) is 4. The maximum Gasteiger partial charge on any atom is 0.271 e. The smallest absolute Gasteiger partial charge is 0.271 e. The van der Waals surface area contributed by atoms with E-state index in [2.05, 4.69) is 21.4 Å². The van der Waals surface area contributed by atoms with Crippen LogP contribution in [0.5, 0.6) is 0 Å². The summed E-state index contributed by atoms with van der Waals surface area (Å²) in [7, 11) is 0. The van der Waals surface area contributed by atoms with Crippen LogP contribution in [0.2, 0.25) is 10.2 Å². The van der Waals surface area contributed by atoms with Crippen LogP contribution in [0.4, 0.5) is 0 Å². The van der Waals surface area contributed by atoms with E-state index in [1.54, 1.807) is 23.5 Å². The molecule has 0 radical (unpaired) electrons. The van der Waals surface area contributed by atoms with Gasteiger partial charge in [-0.25, -0.2) is 9.97 Å². The lowest BCUT2D eigenvalue weighted by Gasteiger charge is -2.05. The van der Waals surface area contributed by atoms with Gasteiger partial charge in [0.15, 0.2) is 0 Å². The minimum Gasteiger partial charge on any atom is -0.351 e. The maximum absolute atomic E-state index is 12.0. The van der Waals surface area contributed by atoms with Gasteiger partial charge < -0.3 is 5.32 Å². The van der Waals surface area contributed by atoms with Crippen LogP contribution in [-0.4, -0.2) is 22.4 Å². The van der Waals surface area contributed by atoms with Gasteiger partial charge in [-0.2, -0.15) is 0 Å². The number of nitrogens with one attached hydrogen (secondary N) is 1. The molecule has 2 aromatic heterocycles. The Morgan fingerprint density at radius 2 is 1.96 bits per heavy atom. The number of carbonyl (C=O) groups is 1.